The Morgan fingerprint density at radius 2 is 2.14 bits per heavy atom. The minimum Gasteiger partial charge on any atom is -0.489 e. The molecule has 1 amide bonds. The lowest BCUT2D eigenvalue weighted by atomic mass is 10.1. The third-order valence-corrected chi connectivity index (χ3v) is 4.02. The van der Waals surface area contributed by atoms with E-state index >= 15 is 0 Å². The summed E-state index contributed by atoms with van der Waals surface area (Å²) in [6.07, 6.45) is 0.248. The zero-order chi connectivity index (χ0) is 15.5. The van der Waals surface area contributed by atoms with Crippen molar-refractivity contribution in [1.29, 1.82) is 0 Å². The fourth-order valence-electron chi connectivity index (χ4n) is 2.46. The molecule has 3 rings (SSSR count). The van der Waals surface area contributed by atoms with Gasteiger partial charge in [-0.2, -0.15) is 0 Å². The number of nitrogens with zero attached hydrogens (tertiary/aromatic N) is 1. The molecule has 0 atom stereocenters. The Balaban J connectivity index is 1.71. The Hall–Kier alpha value is -2.20. The lowest BCUT2D eigenvalue weighted by molar-refractivity contribution is -0.115. The van der Waals surface area contributed by atoms with Gasteiger partial charge in [-0.3, -0.25) is 4.79 Å². The van der Waals surface area contributed by atoms with Gasteiger partial charge in [-0.25, -0.2) is 0 Å². The van der Waals surface area contributed by atoms with E-state index in [0.717, 1.165) is 29.2 Å². The molecule has 1 aliphatic heterocycles. The molecule has 0 fully saturated rings. The average Bonchev–Trinajstić information content (AvgIpc) is 2.50. The normalized spacial score (nSPS) is 13.3. The van der Waals surface area contributed by atoms with Crippen molar-refractivity contribution < 1.29 is 9.53 Å². The van der Waals surface area contributed by atoms with Crippen LogP contribution in [0.25, 0.3) is 0 Å². The van der Waals surface area contributed by atoms with Gasteiger partial charge < -0.3 is 15.0 Å². The van der Waals surface area contributed by atoms with Gasteiger partial charge >= 0.3 is 0 Å². The molecule has 0 bridgehead atoms. The summed E-state index contributed by atoms with van der Waals surface area (Å²) in [5.74, 6) is 0.696. The predicted molar refractivity (Wildman–Crippen MR) is 89.0 cm³/mol. The molecule has 1 heterocycles. The van der Waals surface area contributed by atoms with Crippen molar-refractivity contribution >= 4 is 28.9 Å². The Morgan fingerprint density at radius 1 is 1.32 bits per heavy atom. The summed E-state index contributed by atoms with van der Waals surface area (Å²) in [5, 5.41) is 3.49. The molecule has 0 aromatic heterocycles. The number of ether oxygens (including phenoxy) is 1. The molecule has 0 radical (unpaired) electrons. The molecule has 0 saturated heterocycles. The number of halogens is 1. The molecule has 114 valence electrons. The minimum absolute atomic E-state index is 0.0998. The van der Waals surface area contributed by atoms with Crippen LogP contribution in [0.4, 0.5) is 11.4 Å². The van der Waals surface area contributed by atoms with Crippen LogP contribution in [-0.4, -0.2) is 26.1 Å². The third-order valence-electron chi connectivity index (χ3n) is 3.65. The fraction of sp³-hybridized carbons (Fsp3) is 0.235. The first-order valence-electron chi connectivity index (χ1n) is 7.15. The highest BCUT2D eigenvalue weighted by Crippen LogP contribution is 2.33. The average molecular weight is 317 g/mol. The van der Waals surface area contributed by atoms with E-state index in [1.807, 2.05) is 43.4 Å². The first-order chi connectivity index (χ1) is 10.6. The lowest BCUT2D eigenvalue weighted by Gasteiger charge is -2.27. The van der Waals surface area contributed by atoms with Crippen LogP contribution in [0.1, 0.15) is 5.56 Å². The number of fused-ring (bicyclic) bond motifs is 1. The second-order valence-corrected chi connectivity index (χ2v) is 5.68. The second kappa shape index (κ2) is 6.28. The molecular weight excluding hydrogens is 300 g/mol. The van der Waals surface area contributed by atoms with Crippen molar-refractivity contribution in [2.45, 2.75) is 6.42 Å². The van der Waals surface area contributed by atoms with Gasteiger partial charge in [0, 0.05) is 23.8 Å². The van der Waals surface area contributed by atoms with Gasteiger partial charge in [0.05, 0.1) is 18.7 Å². The quantitative estimate of drug-likeness (QED) is 0.944. The van der Waals surface area contributed by atoms with Crippen molar-refractivity contribution in [3.63, 3.8) is 0 Å². The molecule has 4 nitrogen and oxygen atoms in total. The number of hydrogen-bond acceptors (Lipinski definition) is 3. The number of rotatable bonds is 3. The van der Waals surface area contributed by atoms with E-state index in [4.69, 9.17) is 16.3 Å². The zero-order valence-electron chi connectivity index (χ0n) is 12.3. The zero-order valence-corrected chi connectivity index (χ0v) is 13.1. The van der Waals surface area contributed by atoms with Crippen LogP contribution in [0.3, 0.4) is 0 Å². The number of carbonyl (C=O) groups is 1. The Bertz CT molecular complexity index is 703. The number of benzene rings is 2. The highest BCUT2D eigenvalue weighted by Gasteiger charge is 2.15. The number of carbonyl (C=O) groups excluding carboxylic acids is 1. The predicted octanol–water partition coefficient (Wildman–Crippen LogP) is 3.35. The van der Waals surface area contributed by atoms with Gasteiger partial charge in [-0.1, -0.05) is 29.8 Å². The van der Waals surface area contributed by atoms with Crippen LogP contribution in [0.15, 0.2) is 42.5 Å². The van der Waals surface area contributed by atoms with Crippen LogP contribution in [0.2, 0.25) is 5.02 Å². The van der Waals surface area contributed by atoms with Crippen molar-refractivity contribution in [1.82, 2.24) is 0 Å². The van der Waals surface area contributed by atoms with Gasteiger partial charge in [0.1, 0.15) is 12.4 Å². The van der Waals surface area contributed by atoms with Crippen LogP contribution < -0.4 is 15.0 Å². The van der Waals surface area contributed by atoms with E-state index in [0.29, 0.717) is 11.6 Å². The van der Waals surface area contributed by atoms with Crippen LogP contribution in [0.5, 0.6) is 5.75 Å². The van der Waals surface area contributed by atoms with Gasteiger partial charge in [0.25, 0.3) is 0 Å². The monoisotopic (exact) mass is 316 g/mol. The molecule has 0 spiro atoms. The maximum atomic E-state index is 12.1. The van der Waals surface area contributed by atoms with E-state index < -0.39 is 0 Å². The summed E-state index contributed by atoms with van der Waals surface area (Å²) in [7, 11) is 2.02. The molecule has 1 N–H and O–H groups in total. The van der Waals surface area contributed by atoms with Crippen LogP contribution >= 0.6 is 11.6 Å². The molecule has 5 heteroatoms. The van der Waals surface area contributed by atoms with Gasteiger partial charge in [-0.15, -0.1) is 0 Å². The van der Waals surface area contributed by atoms with Gasteiger partial charge in [-0.05, 0) is 23.8 Å². The molecule has 22 heavy (non-hydrogen) atoms. The van der Waals surface area contributed by atoms with Gasteiger partial charge in [0.2, 0.25) is 5.91 Å². The molecule has 0 saturated carbocycles. The number of nitrogens with one attached hydrogen (secondary N) is 1. The Labute approximate surface area is 134 Å². The van der Waals surface area contributed by atoms with Gasteiger partial charge in [0.15, 0.2) is 0 Å². The van der Waals surface area contributed by atoms with E-state index in [-0.39, 0.29) is 12.3 Å². The molecule has 0 unspecified atom stereocenters. The lowest BCUT2D eigenvalue weighted by Crippen LogP contribution is -2.28. The highest BCUT2D eigenvalue weighted by molar-refractivity contribution is 6.31. The molecular formula is C17H17ClN2O2. The van der Waals surface area contributed by atoms with E-state index in [1.54, 1.807) is 6.07 Å². The smallest absolute Gasteiger partial charge is 0.228 e. The SMILES string of the molecule is CN1CCOc2cc(NC(=O)Cc3ccccc3Cl)ccc21. The first-order valence-corrected chi connectivity index (χ1v) is 7.52. The summed E-state index contributed by atoms with van der Waals surface area (Å²) >= 11 is 6.08. The second-order valence-electron chi connectivity index (χ2n) is 5.27. The molecule has 1 aliphatic rings. The number of anilines is 2. The van der Waals surface area contributed by atoms with Crippen molar-refractivity contribution in [3.8, 4) is 5.75 Å². The highest BCUT2D eigenvalue weighted by atomic mass is 35.5. The van der Waals surface area contributed by atoms with E-state index in [2.05, 4.69) is 10.2 Å². The maximum Gasteiger partial charge on any atom is 0.228 e. The van der Waals surface area contributed by atoms with Crippen LogP contribution in [-0.2, 0) is 11.2 Å². The maximum absolute atomic E-state index is 12.1. The topological polar surface area (TPSA) is 41.6 Å². The first kappa shape index (κ1) is 14.7. The molecule has 2 aromatic carbocycles. The summed E-state index contributed by atoms with van der Waals surface area (Å²) in [6.45, 7) is 1.52. The van der Waals surface area contributed by atoms with E-state index in [9.17, 15) is 4.79 Å². The van der Waals surface area contributed by atoms with E-state index in [1.165, 1.54) is 0 Å². The summed E-state index contributed by atoms with van der Waals surface area (Å²) in [5.41, 5.74) is 2.58. The molecule has 2 aromatic rings. The number of likely N-dealkylation sites (N-methyl/N-ethyl adjacent to an activating group) is 1. The summed E-state index contributed by atoms with van der Waals surface area (Å²) < 4.78 is 5.64. The number of hydrogen-bond donors (Lipinski definition) is 1. The van der Waals surface area contributed by atoms with Crippen molar-refractivity contribution in [2.24, 2.45) is 0 Å². The standard InChI is InChI=1S/C17H17ClN2O2/c1-20-8-9-22-16-11-13(6-7-15(16)20)19-17(21)10-12-4-2-3-5-14(12)18/h2-7,11H,8-10H2,1H3,(H,19,21). The molecule has 0 aliphatic carbocycles. The minimum atomic E-state index is -0.0998. The van der Waals surface area contributed by atoms with Crippen molar-refractivity contribution in [3.05, 3.63) is 53.1 Å². The Morgan fingerprint density at radius 3 is 2.95 bits per heavy atom. The van der Waals surface area contributed by atoms with Crippen molar-refractivity contribution in [2.75, 3.05) is 30.4 Å². The third kappa shape index (κ3) is 3.17. The van der Waals surface area contributed by atoms with Crippen LogP contribution in [0, 0.1) is 0 Å². The fourth-order valence-corrected chi connectivity index (χ4v) is 2.66. The largest absolute Gasteiger partial charge is 0.489 e. The summed E-state index contributed by atoms with van der Waals surface area (Å²) in [6, 6.07) is 13.1. The Kier molecular flexibility index (Phi) is 4.20. The summed E-state index contributed by atoms with van der Waals surface area (Å²) in [4.78, 5) is 14.3. The number of amides is 1.